The maximum atomic E-state index is 11.4. The molecule has 0 radical (unpaired) electrons. The number of nitrogens with one attached hydrogen (secondary N) is 1. The van der Waals surface area contributed by atoms with Gasteiger partial charge in [0.2, 0.25) is 0 Å². The van der Waals surface area contributed by atoms with E-state index in [0.717, 1.165) is 0 Å². The largest absolute Gasteiger partial charge is 0.444 e. The first-order valence-corrected chi connectivity index (χ1v) is 6.57. The maximum absolute atomic E-state index is 11.4. The summed E-state index contributed by atoms with van der Waals surface area (Å²) in [7, 11) is 0. The fourth-order valence-corrected chi connectivity index (χ4v) is 1.48. The molecule has 6 nitrogen and oxygen atoms in total. The summed E-state index contributed by atoms with van der Waals surface area (Å²) in [5, 5.41) is 2.90. The quantitative estimate of drug-likeness (QED) is 0.834. The second-order valence-electron chi connectivity index (χ2n) is 5.09. The van der Waals surface area contributed by atoms with Crippen LogP contribution in [0.15, 0.2) is 12.3 Å². The number of carbonyl (C=O) groups is 1. The van der Waals surface area contributed by atoms with Gasteiger partial charge in [-0.15, -0.1) is 0 Å². The Hall–Kier alpha value is -1.82. The number of halogens is 1. The number of anilines is 1. The predicted molar refractivity (Wildman–Crippen MR) is 79.3 cm³/mol. The van der Waals surface area contributed by atoms with Crippen LogP contribution < -0.4 is 11.1 Å². The van der Waals surface area contributed by atoms with Gasteiger partial charge in [-0.3, -0.25) is 0 Å². The Morgan fingerprint density at radius 1 is 1.55 bits per heavy atom. The molecular weight excluding hydrogens is 280 g/mol. The van der Waals surface area contributed by atoms with Crippen molar-refractivity contribution in [2.75, 3.05) is 12.3 Å². The van der Waals surface area contributed by atoms with Gasteiger partial charge in [-0.25, -0.2) is 14.8 Å². The molecule has 1 aromatic rings. The molecule has 0 fully saturated rings. The van der Waals surface area contributed by atoms with Crippen molar-refractivity contribution in [3.8, 4) is 0 Å². The van der Waals surface area contributed by atoms with E-state index in [-0.39, 0.29) is 11.0 Å². The van der Waals surface area contributed by atoms with E-state index in [4.69, 9.17) is 22.1 Å². The molecule has 0 atom stereocenters. The summed E-state index contributed by atoms with van der Waals surface area (Å²) in [5.74, 6) is 0.277. The van der Waals surface area contributed by atoms with Gasteiger partial charge < -0.3 is 15.8 Å². The number of aromatic nitrogens is 2. The SMILES string of the molecule is CC(C)(C)OC(=O)NCCC=Cc1ncc(N)nc1Cl. The molecule has 110 valence electrons. The Kier molecular flexibility index (Phi) is 5.76. The summed E-state index contributed by atoms with van der Waals surface area (Å²) < 4.78 is 5.10. The van der Waals surface area contributed by atoms with E-state index < -0.39 is 11.7 Å². The standard InChI is InChI=1S/C13H19ClN4O2/c1-13(2,3)20-12(19)16-7-5-4-6-9-11(14)18-10(15)8-17-9/h4,6,8H,5,7H2,1-3H3,(H2,15,18)(H,16,19). The highest BCUT2D eigenvalue weighted by Gasteiger charge is 2.15. The minimum Gasteiger partial charge on any atom is -0.444 e. The highest BCUT2D eigenvalue weighted by Crippen LogP contribution is 2.13. The Balaban J connectivity index is 2.34. The Morgan fingerprint density at radius 3 is 2.85 bits per heavy atom. The summed E-state index contributed by atoms with van der Waals surface area (Å²) in [6.07, 6.45) is 5.19. The number of nitrogens with two attached hydrogens (primary N) is 1. The first-order chi connectivity index (χ1) is 9.28. The van der Waals surface area contributed by atoms with Crippen molar-refractivity contribution in [1.29, 1.82) is 0 Å². The summed E-state index contributed by atoms with van der Waals surface area (Å²) in [6.45, 7) is 5.90. The highest BCUT2D eigenvalue weighted by atomic mass is 35.5. The lowest BCUT2D eigenvalue weighted by Gasteiger charge is -2.19. The number of carbonyl (C=O) groups excluding carboxylic acids is 1. The number of ether oxygens (including phenoxy) is 1. The molecule has 0 aliphatic carbocycles. The van der Waals surface area contributed by atoms with E-state index in [2.05, 4.69) is 15.3 Å². The van der Waals surface area contributed by atoms with Gasteiger partial charge in [-0.2, -0.15) is 0 Å². The van der Waals surface area contributed by atoms with E-state index in [1.54, 1.807) is 6.08 Å². The van der Waals surface area contributed by atoms with Gasteiger partial charge >= 0.3 is 6.09 Å². The molecule has 0 aliphatic rings. The molecule has 1 amide bonds. The molecule has 0 saturated carbocycles. The number of alkyl carbamates (subject to hydrolysis) is 1. The van der Waals surface area contributed by atoms with Crippen LogP contribution >= 0.6 is 11.6 Å². The Labute approximate surface area is 123 Å². The first-order valence-electron chi connectivity index (χ1n) is 6.19. The number of hydrogen-bond donors (Lipinski definition) is 2. The second-order valence-corrected chi connectivity index (χ2v) is 5.45. The van der Waals surface area contributed by atoms with Crippen molar-refractivity contribution in [2.24, 2.45) is 0 Å². The normalized spacial score (nSPS) is 11.6. The topological polar surface area (TPSA) is 90.1 Å². The molecular formula is C13H19ClN4O2. The molecule has 1 rings (SSSR count). The molecule has 7 heteroatoms. The van der Waals surface area contributed by atoms with Crippen LogP contribution in [0, 0.1) is 0 Å². The van der Waals surface area contributed by atoms with Crippen molar-refractivity contribution in [3.63, 3.8) is 0 Å². The van der Waals surface area contributed by atoms with Crippen molar-refractivity contribution in [3.05, 3.63) is 23.1 Å². The smallest absolute Gasteiger partial charge is 0.407 e. The number of amides is 1. The zero-order chi connectivity index (χ0) is 15.2. The summed E-state index contributed by atoms with van der Waals surface area (Å²) >= 11 is 5.87. The van der Waals surface area contributed by atoms with Gasteiger partial charge in [0.05, 0.1) is 6.20 Å². The van der Waals surface area contributed by atoms with Crippen molar-refractivity contribution in [2.45, 2.75) is 32.8 Å². The minimum atomic E-state index is -0.493. The lowest BCUT2D eigenvalue weighted by molar-refractivity contribution is 0.0529. The number of rotatable bonds is 4. The molecule has 0 aliphatic heterocycles. The average molecular weight is 299 g/mol. The molecule has 1 heterocycles. The van der Waals surface area contributed by atoms with Crippen molar-refractivity contribution < 1.29 is 9.53 Å². The first kappa shape index (κ1) is 16.2. The minimum absolute atomic E-state index is 0.251. The highest BCUT2D eigenvalue weighted by molar-refractivity contribution is 6.30. The molecule has 1 aromatic heterocycles. The summed E-state index contributed by atoms with van der Waals surface area (Å²) in [6, 6.07) is 0. The van der Waals surface area contributed by atoms with Gasteiger partial charge in [0.15, 0.2) is 5.15 Å². The van der Waals surface area contributed by atoms with E-state index >= 15 is 0 Å². The maximum Gasteiger partial charge on any atom is 0.407 e. The molecule has 0 bridgehead atoms. The molecule has 3 N–H and O–H groups in total. The summed E-state index contributed by atoms with van der Waals surface area (Å²) in [5.41, 5.74) is 5.49. The van der Waals surface area contributed by atoms with Crippen LogP contribution in [-0.4, -0.2) is 28.2 Å². The Morgan fingerprint density at radius 2 is 2.25 bits per heavy atom. The Bertz CT molecular complexity index is 498. The molecule has 0 unspecified atom stereocenters. The fraction of sp³-hybridized carbons (Fsp3) is 0.462. The molecule has 0 spiro atoms. The van der Waals surface area contributed by atoms with Crippen LogP contribution in [0.3, 0.4) is 0 Å². The monoisotopic (exact) mass is 298 g/mol. The average Bonchev–Trinajstić information content (AvgIpc) is 2.28. The van der Waals surface area contributed by atoms with Crippen LogP contribution in [0.25, 0.3) is 6.08 Å². The van der Waals surface area contributed by atoms with E-state index in [0.29, 0.717) is 18.7 Å². The van der Waals surface area contributed by atoms with Crippen molar-refractivity contribution >= 4 is 29.6 Å². The fourth-order valence-electron chi connectivity index (χ4n) is 1.27. The predicted octanol–water partition coefficient (Wildman–Crippen LogP) is 2.64. The van der Waals surface area contributed by atoms with Crippen LogP contribution in [0.2, 0.25) is 5.15 Å². The van der Waals surface area contributed by atoms with Crippen LogP contribution in [0.5, 0.6) is 0 Å². The van der Waals surface area contributed by atoms with Crippen LogP contribution in [-0.2, 0) is 4.74 Å². The van der Waals surface area contributed by atoms with Gasteiger partial charge in [-0.1, -0.05) is 17.7 Å². The van der Waals surface area contributed by atoms with E-state index in [9.17, 15) is 4.79 Å². The second kappa shape index (κ2) is 7.09. The van der Waals surface area contributed by atoms with Gasteiger partial charge in [0, 0.05) is 6.54 Å². The number of nitrogens with zero attached hydrogens (tertiary/aromatic N) is 2. The zero-order valence-corrected chi connectivity index (χ0v) is 12.6. The molecule has 0 saturated heterocycles. The van der Waals surface area contributed by atoms with Gasteiger partial charge in [0.25, 0.3) is 0 Å². The van der Waals surface area contributed by atoms with Gasteiger partial charge in [-0.05, 0) is 33.3 Å². The number of hydrogen-bond acceptors (Lipinski definition) is 5. The molecule has 0 aromatic carbocycles. The third-order valence-electron chi connectivity index (χ3n) is 2.03. The summed E-state index contributed by atoms with van der Waals surface area (Å²) in [4.78, 5) is 19.3. The van der Waals surface area contributed by atoms with E-state index in [1.807, 2.05) is 26.8 Å². The van der Waals surface area contributed by atoms with Crippen LogP contribution in [0.4, 0.5) is 10.6 Å². The van der Waals surface area contributed by atoms with Crippen molar-refractivity contribution in [1.82, 2.24) is 15.3 Å². The third kappa shape index (κ3) is 6.38. The third-order valence-corrected chi connectivity index (χ3v) is 2.31. The van der Waals surface area contributed by atoms with E-state index in [1.165, 1.54) is 6.20 Å². The number of nitrogen functional groups attached to an aromatic ring is 1. The van der Waals surface area contributed by atoms with Gasteiger partial charge in [0.1, 0.15) is 17.1 Å². The lowest BCUT2D eigenvalue weighted by atomic mass is 10.2. The zero-order valence-electron chi connectivity index (χ0n) is 11.8. The lowest BCUT2D eigenvalue weighted by Crippen LogP contribution is -2.32. The van der Waals surface area contributed by atoms with Crippen LogP contribution in [0.1, 0.15) is 32.9 Å². The molecule has 20 heavy (non-hydrogen) atoms.